The molecule has 0 bridgehead atoms. The van der Waals surface area contributed by atoms with Crippen LogP contribution >= 0.6 is 15.9 Å². The van der Waals surface area contributed by atoms with Gasteiger partial charge in [-0.25, -0.2) is 4.68 Å². The van der Waals surface area contributed by atoms with Gasteiger partial charge < -0.3 is 20.0 Å². The molecule has 1 spiro atoms. The minimum atomic E-state index is -0.257. The van der Waals surface area contributed by atoms with E-state index in [0.717, 1.165) is 82.5 Å². The molecule has 3 amide bonds. The van der Waals surface area contributed by atoms with Crippen molar-refractivity contribution in [2.45, 2.75) is 62.8 Å². The summed E-state index contributed by atoms with van der Waals surface area (Å²) in [6.45, 7) is 5.34. The van der Waals surface area contributed by atoms with E-state index < -0.39 is 0 Å². The number of halogens is 1. The van der Waals surface area contributed by atoms with Gasteiger partial charge in [0.15, 0.2) is 0 Å². The van der Waals surface area contributed by atoms with E-state index in [0.29, 0.717) is 28.9 Å². The Labute approximate surface area is 301 Å². The number of nitrogens with one attached hydrogen (secondary N) is 2. The quantitative estimate of drug-likeness (QED) is 0.355. The van der Waals surface area contributed by atoms with Crippen LogP contribution in [-0.4, -0.2) is 89.7 Å². The van der Waals surface area contributed by atoms with E-state index in [2.05, 4.69) is 72.8 Å². The number of aromatic nitrogens is 2. The highest BCUT2D eigenvalue weighted by Crippen LogP contribution is 2.42. The first-order chi connectivity index (χ1) is 24.1. The monoisotopic (exact) mass is 743 g/mol. The summed E-state index contributed by atoms with van der Waals surface area (Å²) in [6.07, 6.45) is 7.83. The first kappa shape index (κ1) is 34.4. The normalized spacial score (nSPS) is 24.3. The number of likely N-dealkylation sites (tertiary alicyclic amines) is 2. The van der Waals surface area contributed by atoms with Gasteiger partial charge in [0.2, 0.25) is 11.8 Å². The number of hydrogen-bond donors (Lipinski definition) is 2. The molecule has 1 aromatic heterocycles. The number of likely N-dealkylation sites (N-methyl/N-ethyl adjacent to an activating group) is 1. The largest absolute Gasteiger partial charge is 0.379 e. The Bertz CT molecular complexity index is 1790. The number of amides is 3. The van der Waals surface area contributed by atoms with Gasteiger partial charge in [-0.2, -0.15) is 5.10 Å². The Morgan fingerprint density at radius 1 is 0.900 bits per heavy atom. The summed E-state index contributed by atoms with van der Waals surface area (Å²) < 4.78 is 1.81. The second-order valence-corrected chi connectivity index (χ2v) is 15.6. The van der Waals surface area contributed by atoms with Gasteiger partial charge in [-0.15, -0.1) is 0 Å². The van der Waals surface area contributed by atoms with Gasteiger partial charge >= 0.3 is 0 Å². The maximum atomic E-state index is 13.6. The Hall–Kier alpha value is -4.03. The highest BCUT2D eigenvalue weighted by Gasteiger charge is 2.39. The number of rotatable bonds is 6. The molecule has 2 N–H and O–H groups in total. The van der Waals surface area contributed by atoms with Gasteiger partial charge in [-0.3, -0.25) is 24.5 Å². The molecule has 3 aromatic rings. The van der Waals surface area contributed by atoms with Crippen molar-refractivity contribution in [3.8, 4) is 0 Å². The minimum Gasteiger partial charge on any atom is -0.379 e. The summed E-state index contributed by atoms with van der Waals surface area (Å²) in [5.41, 5.74) is 4.92. The van der Waals surface area contributed by atoms with Crippen LogP contribution in [0.2, 0.25) is 0 Å². The van der Waals surface area contributed by atoms with Gasteiger partial charge in [0.25, 0.3) is 11.5 Å². The Balaban J connectivity index is 0.901. The zero-order valence-electron chi connectivity index (χ0n) is 28.9. The summed E-state index contributed by atoms with van der Waals surface area (Å²) in [6, 6.07) is 16.6. The van der Waals surface area contributed by atoms with E-state index in [1.54, 1.807) is 13.2 Å². The van der Waals surface area contributed by atoms with Crippen LogP contribution < -0.4 is 21.1 Å². The third-order valence-electron chi connectivity index (χ3n) is 11.5. The van der Waals surface area contributed by atoms with Gasteiger partial charge in [0.1, 0.15) is 4.47 Å². The number of aryl methyl sites for hydroxylation is 1. The number of imide groups is 1. The third kappa shape index (κ3) is 7.23. The van der Waals surface area contributed by atoms with Crippen molar-refractivity contribution >= 4 is 45.0 Å². The lowest BCUT2D eigenvalue weighted by Crippen LogP contribution is -2.48. The fourth-order valence-corrected chi connectivity index (χ4v) is 8.90. The fourth-order valence-electron chi connectivity index (χ4n) is 8.43. The van der Waals surface area contributed by atoms with Gasteiger partial charge in [-0.05, 0) is 108 Å². The molecule has 4 fully saturated rings. The lowest BCUT2D eigenvalue weighted by molar-refractivity contribution is -0.134. The summed E-state index contributed by atoms with van der Waals surface area (Å²) in [5.74, 6) is -0.223. The van der Waals surface area contributed by atoms with Crippen LogP contribution in [-0.2, 0) is 16.6 Å². The Kier molecular flexibility index (Phi) is 9.85. The van der Waals surface area contributed by atoms with Crippen molar-refractivity contribution in [3.05, 3.63) is 86.2 Å². The topological polar surface area (TPSA) is 120 Å². The molecule has 4 aliphatic rings. The molecule has 50 heavy (non-hydrogen) atoms. The summed E-state index contributed by atoms with van der Waals surface area (Å²) in [5, 5.41) is 10.1. The third-order valence-corrected chi connectivity index (χ3v) is 12.3. The molecular weight excluding hydrogens is 698 g/mol. The van der Waals surface area contributed by atoms with E-state index in [1.807, 2.05) is 29.2 Å². The fraction of sp³-hybridized carbons (Fsp3) is 0.500. The lowest BCUT2D eigenvalue weighted by atomic mass is 9.71. The van der Waals surface area contributed by atoms with Crippen molar-refractivity contribution in [2.75, 3.05) is 56.5 Å². The number of nitrogens with zero attached hydrogens (tertiary/aromatic N) is 5. The summed E-state index contributed by atoms with van der Waals surface area (Å²) in [7, 11) is 3.75. The van der Waals surface area contributed by atoms with Crippen molar-refractivity contribution in [2.24, 2.45) is 12.5 Å². The van der Waals surface area contributed by atoms with Crippen molar-refractivity contribution in [1.82, 2.24) is 24.9 Å². The molecule has 0 radical (unpaired) electrons. The average molecular weight is 745 g/mol. The smallest absolute Gasteiger partial charge is 0.282 e. The number of carbonyl (C=O) groups is 3. The zero-order valence-corrected chi connectivity index (χ0v) is 30.5. The van der Waals surface area contributed by atoms with Crippen LogP contribution in [0.15, 0.2) is 64.0 Å². The zero-order chi connectivity index (χ0) is 35.0. The number of anilines is 2. The molecule has 5 heterocycles. The Morgan fingerprint density at radius 3 is 2.24 bits per heavy atom. The number of benzene rings is 2. The molecule has 12 heteroatoms. The molecule has 7 rings (SSSR count). The van der Waals surface area contributed by atoms with Crippen molar-refractivity contribution < 1.29 is 14.4 Å². The minimum absolute atomic E-state index is 0.114. The average Bonchev–Trinajstić information content (AvgIpc) is 3.12. The molecule has 4 aliphatic heterocycles. The van der Waals surface area contributed by atoms with Crippen molar-refractivity contribution in [3.63, 3.8) is 0 Å². The lowest BCUT2D eigenvalue weighted by Gasteiger charge is -2.47. The predicted octanol–water partition coefficient (Wildman–Crippen LogP) is 4.49. The van der Waals surface area contributed by atoms with Crippen molar-refractivity contribution in [1.29, 1.82) is 0 Å². The van der Waals surface area contributed by atoms with Crippen LogP contribution in [0.4, 0.5) is 11.4 Å². The molecule has 0 saturated carbocycles. The summed E-state index contributed by atoms with van der Waals surface area (Å²) >= 11 is 3.43. The number of hydrogen-bond acceptors (Lipinski definition) is 8. The maximum Gasteiger partial charge on any atom is 0.282 e. The SMILES string of the molecule is CN1C[C@@H](Nc2cnn(C)c(=O)c2Br)C[C@@H](c2ccc(C(=O)N3CCC4(CC3)CCN(c3ccc(C5CCC(=O)NC5=O)cc3)CC4)cc2)C1. The van der Waals surface area contributed by atoms with Crippen LogP contribution in [0.1, 0.15) is 78.3 Å². The van der Waals surface area contributed by atoms with Crippen LogP contribution in [0.25, 0.3) is 0 Å². The van der Waals surface area contributed by atoms with E-state index in [9.17, 15) is 19.2 Å². The molecule has 4 saturated heterocycles. The van der Waals surface area contributed by atoms with Crippen LogP contribution in [0.3, 0.4) is 0 Å². The molecular formula is C38H46BrN7O4. The molecule has 3 atom stereocenters. The molecule has 11 nitrogen and oxygen atoms in total. The maximum absolute atomic E-state index is 13.6. The number of carbonyl (C=O) groups excluding carboxylic acids is 3. The Morgan fingerprint density at radius 2 is 1.56 bits per heavy atom. The van der Waals surface area contributed by atoms with Gasteiger partial charge in [-0.1, -0.05) is 24.3 Å². The highest BCUT2D eigenvalue weighted by atomic mass is 79.9. The van der Waals surface area contributed by atoms with E-state index in [-0.39, 0.29) is 40.7 Å². The molecule has 1 unspecified atom stereocenters. The van der Waals surface area contributed by atoms with Crippen LogP contribution in [0.5, 0.6) is 0 Å². The molecule has 0 aliphatic carbocycles. The second-order valence-electron chi connectivity index (χ2n) is 14.8. The number of piperidine rings is 4. The first-order valence-electron chi connectivity index (χ1n) is 17.8. The van der Waals surface area contributed by atoms with E-state index in [1.165, 1.54) is 15.9 Å². The first-order valence-corrected chi connectivity index (χ1v) is 18.6. The summed E-state index contributed by atoms with van der Waals surface area (Å²) in [4.78, 5) is 56.5. The van der Waals surface area contributed by atoms with E-state index in [4.69, 9.17) is 0 Å². The highest BCUT2D eigenvalue weighted by molar-refractivity contribution is 9.10. The second kappa shape index (κ2) is 14.3. The van der Waals surface area contributed by atoms with E-state index >= 15 is 0 Å². The molecule has 2 aromatic carbocycles. The van der Waals surface area contributed by atoms with Crippen LogP contribution in [0, 0.1) is 5.41 Å². The predicted molar refractivity (Wildman–Crippen MR) is 196 cm³/mol. The van der Waals surface area contributed by atoms with Gasteiger partial charge in [0, 0.05) is 70.0 Å². The molecule has 264 valence electrons. The standard InChI is InChI=1S/C38H46BrN7O4/c1-43-23-28(21-29(24-43)41-32-22-40-44(2)37(50)34(32)39)25-3-5-27(6-4-25)36(49)46-19-15-38(16-20-46)13-17-45(18-14-38)30-9-7-26(8-10-30)31-11-12-33(47)42-35(31)48/h3-10,22,28-29,31,41H,11-21,23-24H2,1-2H3,(H,42,47,48)/t28-,29+,31?/m1/s1. The van der Waals surface area contributed by atoms with Gasteiger partial charge in [0.05, 0.1) is 17.8 Å².